The van der Waals surface area contributed by atoms with Crippen LogP contribution in [0.5, 0.6) is 0 Å². The summed E-state index contributed by atoms with van der Waals surface area (Å²) in [5, 5.41) is 7.01. The molecule has 0 saturated heterocycles. The first-order chi connectivity index (χ1) is 7.15. The molecule has 6 nitrogen and oxygen atoms in total. The lowest BCUT2D eigenvalue weighted by Gasteiger charge is -2.04. The van der Waals surface area contributed by atoms with Crippen LogP contribution in [0.1, 0.15) is 5.56 Å². The molecule has 15 heavy (non-hydrogen) atoms. The Bertz CT molecular complexity index is 459. The van der Waals surface area contributed by atoms with Crippen molar-refractivity contribution in [1.82, 2.24) is 15.0 Å². The number of thiophene rings is 1. The maximum Gasteiger partial charge on any atom is 0.233 e. The average Bonchev–Trinajstić information content (AvgIpc) is 2.50. The second-order valence-electron chi connectivity index (χ2n) is 2.97. The molecule has 2 heterocycles. The van der Waals surface area contributed by atoms with Crippen molar-refractivity contribution in [2.75, 3.05) is 16.8 Å². The fourth-order valence-corrected chi connectivity index (χ4v) is 1.85. The van der Waals surface area contributed by atoms with Gasteiger partial charge in [-0.05, 0) is 17.9 Å². The molecule has 0 atom stereocenters. The van der Waals surface area contributed by atoms with Crippen molar-refractivity contribution >= 4 is 34.9 Å². The van der Waals surface area contributed by atoms with Crippen LogP contribution in [0.3, 0.4) is 0 Å². The van der Waals surface area contributed by atoms with E-state index in [0.29, 0.717) is 5.95 Å². The normalized spacial score (nSPS) is 10.2. The highest BCUT2D eigenvalue weighted by Gasteiger charge is 2.04. The molecule has 2 aromatic heterocycles. The Morgan fingerprint density at radius 1 is 1.13 bits per heavy atom. The van der Waals surface area contributed by atoms with Crippen molar-refractivity contribution in [3.63, 3.8) is 0 Å². The van der Waals surface area contributed by atoms with Crippen LogP contribution in [0.4, 0.5) is 23.5 Å². The molecule has 5 N–H and O–H groups in total. The van der Waals surface area contributed by atoms with Crippen LogP contribution in [0.15, 0.2) is 10.8 Å². The number of anilines is 4. The van der Waals surface area contributed by atoms with Crippen LogP contribution in [-0.4, -0.2) is 15.0 Å². The summed E-state index contributed by atoms with van der Waals surface area (Å²) in [5.41, 5.74) is 13.0. The molecule has 0 spiro atoms. The van der Waals surface area contributed by atoms with E-state index in [1.807, 2.05) is 17.7 Å². The van der Waals surface area contributed by atoms with Gasteiger partial charge in [0.2, 0.25) is 17.8 Å². The van der Waals surface area contributed by atoms with Gasteiger partial charge in [-0.3, -0.25) is 0 Å². The Kier molecular flexibility index (Phi) is 2.38. The SMILES string of the molecule is Cc1cscc1Nc1nc(N)nc(N)n1. The summed E-state index contributed by atoms with van der Waals surface area (Å²) < 4.78 is 0. The second kappa shape index (κ2) is 3.70. The number of nitrogens with two attached hydrogens (primary N) is 2. The number of nitrogens with one attached hydrogen (secondary N) is 1. The predicted octanol–water partition coefficient (Wildman–Crippen LogP) is 1.15. The van der Waals surface area contributed by atoms with E-state index in [-0.39, 0.29) is 11.9 Å². The molecule has 0 radical (unpaired) electrons. The number of aromatic nitrogens is 3. The molecule has 0 aliphatic carbocycles. The van der Waals surface area contributed by atoms with E-state index in [9.17, 15) is 0 Å². The monoisotopic (exact) mass is 222 g/mol. The fraction of sp³-hybridized carbons (Fsp3) is 0.125. The van der Waals surface area contributed by atoms with Gasteiger partial charge < -0.3 is 16.8 Å². The molecule has 0 aromatic carbocycles. The molecule has 0 unspecified atom stereocenters. The molecule has 0 aliphatic heterocycles. The van der Waals surface area contributed by atoms with Gasteiger partial charge in [0, 0.05) is 5.38 Å². The highest BCUT2D eigenvalue weighted by molar-refractivity contribution is 7.08. The first-order valence-corrected chi connectivity index (χ1v) is 5.16. The predicted molar refractivity (Wildman–Crippen MR) is 61.0 cm³/mol. The van der Waals surface area contributed by atoms with Gasteiger partial charge in [-0.25, -0.2) is 0 Å². The van der Waals surface area contributed by atoms with Gasteiger partial charge >= 0.3 is 0 Å². The van der Waals surface area contributed by atoms with Crippen molar-refractivity contribution in [2.24, 2.45) is 0 Å². The van der Waals surface area contributed by atoms with Crippen LogP contribution in [0.25, 0.3) is 0 Å². The topological polar surface area (TPSA) is 103 Å². The van der Waals surface area contributed by atoms with Gasteiger partial charge in [-0.1, -0.05) is 0 Å². The lowest BCUT2D eigenvalue weighted by molar-refractivity contribution is 1.08. The Morgan fingerprint density at radius 3 is 2.33 bits per heavy atom. The van der Waals surface area contributed by atoms with E-state index < -0.39 is 0 Å². The number of hydrogen-bond acceptors (Lipinski definition) is 7. The maximum atomic E-state index is 5.45. The molecule has 2 rings (SSSR count). The summed E-state index contributed by atoms with van der Waals surface area (Å²) in [6.07, 6.45) is 0. The number of nitrogen functional groups attached to an aromatic ring is 2. The molecular weight excluding hydrogens is 212 g/mol. The molecule has 0 aliphatic rings. The minimum atomic E-state index is 0.109. The van der Waals surface area contributed by atoms with Crippen LogP contribution in [0.2, 0.25) is 0 Å². The van der Waals surface area contributed by atoms with Gasteiger partial charge in [0.1, 0.15) is 0 Å². The minimum Gasteiger partial charge on any atom is -0.368 e. The smallest absolute Gasteiger partial charge is 0.233 e. The van der Waals surface area contributed by atoms with Gasteiger partial charge in [-0.2, -0.15) is 15.0 Å². The summed E-state index contributed by atoms with van der Waals surface area (Å²) in [4.78, 5) is 11.5. The third kappa shape index (κ3) is 2.13. The summed E-state index contributed by atoms with van der Waals surface area (Å²) in [6.45, 7) is 1.99. The van der Waals surface area contributed by atoms with Crippen LogP contribution in [0, 0.1) is 6.92 Å². The highest BCUT2D eigenvalue weighted by atomic mass is 32.1. The van der Waals surface area contributed by atoms with Crippen LogP contribution in [-0.2, 0) is 0 Å². The van der Waals surface area contributed by atoms with Crippen LogP contribution < -0.4 is 16.8 Å². The number of hydrogen-bond donors (Lipinski definition) is 3. The van der Waals surface area contributed by atoms with E-state index in [4.69, 9.17) is 11.5 Å². The van der Waals surface area contributed by atoms with E-state index in [1.54, 1.807) is 11.3 Å². The molecule has 0 bridgehead atoms. The number of rotatable bonds is 2. The summed E-state index contributed by atoms with van der Waals surface area (Å²) in [5.74, 6) is 0.581. The minimum absolute atomic E-state index is 0.109. The molecule has 7 heteroatoms. The Hall–Kier alpha value is -1.89. The van der Waals surface area contributed by atoms with E-state index in [0.717, 1.165) is 11.3 Å². The third-order valence-corrected chi connectivity index (χ3v) is 2.63. The van der Waals surface area contributed by atoms with Crippen molar-refractivity contribution in [1.29, 1.82) is 0 Å². The Labute approximate surface area is 90.4 Å². The van der Waals surface area contributed by atoms with Crippen molar-refractivity contribution in [3.8, 4) is 0 Å². The first kappa shape index (κ1) is 9.66. The lowest BCUT2D eigenvalue weighted by Crippen LogP contribution is -2.06. The molecule has 78 valence electrons. The average molecular weight is 222 g/mol. The Morgan fingerprint density at radius 2 is 1.80 bits per heavy atom. The molecule has 0 fully saturated rings. The third-order valence-electron chi connectivity index (χ3n) is 1.77. The van der Waals surface area contributed by atoms with Gasteiger partial charge in [-0.15, -0.1) is 11.3 Å². The second-order valence-corrected chi connectivity index (χ2v) is 3.71. The highest BCUT2D eigenvalue weighted by Crippen LogP contribution is 2.22. The summed E-state index contributed by atoms with van der Waals surface area (Å²) >= 11 is 1.60. The Balaban J connectivity index is 2.28. The van der Waals surface area contributed by atoms with Crippen molar-refractivity contribution in [3.05, 3.63) is 16.3 Å². The zero-order valence-electron chi connectivity index (χ0n) is 8.06. The number of nitrogens with zero attached hydrogens (tertiary/aromatic N) is 3. The summed E-state index contributed by atoms with van der Waals surface area (Å²) in [6, 6.07) is 0. The quantitative estimate of drug-likeness (QED) is 0.704. The van der Waals surface area contributed by atoms with E-state index in [1.165, 1.54) is 0 Å². The van der Waals surface area contributed by atoms with Gasteiger partial charge in [0.05, 0.1) is 5.69 Å². The largest absolute Gasteiger partial charge is 0.368 e. The van der Waals surface area contributed by atoms with Crippen LogP contribution >= 0.6 is 11.3 Å². The standard InChI is InChI=1S/C8H10N6S/c1-4-2-15-3-5(4)11-8-13-6(9)12-7(10)14-8/h2-3H,1H3,(H5,9,10,11,12,13,14). The van der Waals surface area contributed by atoms with E-state index in [2.05, 4.69) is 20.3 Å². The molecular formula is C8H10N6S. The maximum absolute atomic E-state index is 5.45. The zero-order chi connectivity index (χ0) is 10.8. The lowest BCUT2D eigenvalue weighted by atomic mass is 10.3. The van der Waals surface area contributed by atoms with Crippen molar-refractivity contribution < 1.29 is 0 Å². The van der Waals surface area contributed by atoms with E-state index >= 15 is 0 Å². The van der Waals surface area contributed by atoms with Gasteiger partial charge in [0.25, 0.3) is 0 Å². The molecule has 0 amide bonds. The van der Waals surface area contributed by atoms with Gasteiger partial charge in [0.15, 0.2) is 0 Å². The summed E-state index contributed by atoms with van der Waals surface area (Å²) in [7, 11) is 0. The molecule has 2 aromatic rings. The molecule has 0 saturated carbocycles. The number of aryl methyl sites for hydroxylation is 1. The van der Waals surface area contributed by atoms with Crippen molar-refractivity contribution in [2.45, 2.75) is 6.92 Å². The zero-order valence-corrected chi connectivity index (χ0v) is 8.88. The fourth-order valence-electron chi connectivity index (χ4n) is 1.07. The first-order valence-electron chi connectivity index (χ1n) is 4.22.